The third kappa shape index (κ3) is 6.09. The minimum Gasteiger partial charge on any atom is -0.497 e. The summed E-state index contributed by atoms with van der Waals surface area (Å²) in [4.78, 5) is 34.0. The fraction of sp³-hybridized carbons (Fsp3) is 0.296. The summed E-state index contributed by atoms with van der Waals surface area (Å²) >= 11 is 0. The van der Waals surface area contributed by atoms with E-state index in [1.54, 1.807) is 31.5 Å². The van der Waals surface area contributed by atoms with Crippen molar-refractivity contribution < 1.29 is 19.1 Å². The number of carbonyl (C=O) groups is 2. The molecule has 2 amide bonds. The van der Waals surface area contributed by atoms with Gasteiger partial charge >= 0.3 is 0 Å². The van der Waals surface area contributed by atoms with Crippen LogP contribution in [0.15, 0.2) is 66.9 Å². The summed E-state index contributed by atoms with van der Waals surface area (Å²) in [5, 5.41) is 2.88. The van der Waals surface area contributed by atoms with Crippen molar-refractivity contribution in [3.05, 3.63) is 78.0 Å². The molecule has 35 heavy (non-hydrogen) atoms. The number of ether oxygens (including phenoxy) is 2. The maximum Gasteiger partial charge on any atom is 0.259 e. The summed E-state index contributed by atoms with van der Waals surface area (Å²) in [6.45, 7) is 5.04. The number of hydrogen-bond acceptors (Lipinski definition) is 6. The Morgan fingerprint density at radius 2 is 1.80 bits per heavy atom. The van der Waals surface area contributed by atoms with Gasteiger partial charge in [-0.2, -0.15) is 0 Å². The first kappa shape index (κ1) is 24.1. The highest BCUT2D eigenvalue weighted by Gasteiger charge is 2.22. The minimum atomic E-state index is -0.244. The number of para-hydroxylation sites is 1. The Kier molecular flexibility index (Phi) is 7.82. The van der Waals surface area contributed by atoms with E-state index < -0.39 is 0 Å². The number of amides is 2. The molecule has 2 aromatic carbocycles. The predicted molar refractivity (Wildman–Crippen MR) is 135 cm³/mol. The molecule has 0 bridgehead atoms. The molecule has 182 valence electrons. The quantitative estimate of drug-likeness (QED) is 0.537. The lowest BCUT2D eigenvalue weighted by molar-refractivity contribution is -0.130. The summed E-state index contributed by atoms with van der Waals surface area (Å²) in [5.41, 5.74) is 2.03. The second kappa shape index (κ2) is 11.4. The molecule has 0 saturated carbocycles. The molecule has 2 heterocycles. The van der Waals surface area contributed by atoms with Crippen molar-refractivity contribution in [2.75, 3.05) is 50.1 Å². The maximum absolute atomic E-state index is 12.7. The van der Waals surface area contributed by atoms with Gasteiger partial charge in [0.25, 0.3) is 5.91 Å². The second-order valence-electron chi connectivity index (χ2n) is 8.18. The van der Waals surface area contributed by atoms with Crippen LogP contribution >= 0.6 is 0 Å². The van der Waals surface area contributed by atoms with Crippen LogP contribution in [0.5, 0.6) is 11.5 Å². The highest BCUT2D eigenvalue weighted by atomic mass is 16.5. The van der Waals surface area contributed by atoms with E-state index in [-0.39, 0.29) is 11.8 Å². The zero-order valence-electron chi connectivity index (χ0n) is 20.1. The van der Waals surface area contributed by atoms with Gasteiger partial charge in [0.2, 0.25) is 5.91 Å². The Balaban J connectivity index is 1.30. The molecule has 3 aromatic rings. The summed E-state index contributed by atoms with van der Waals surface area (Å²) in [6, 6.07) is 18.5. The van der Waals surface area contributed by atoms with Crippen molar-refractivity contribution in [1.29, 1.82) is 0 Å². The predicted octanol–water partition coefficient (Wildman–Crippen LogP) is 3.63. The molecule has 0 aliphatic carbocycles. The van der Waals surface area contributed by atoms with Gasteiger partial charge in [-0.25, -0.2) is 4.98 Å². The van der Waals surface area contributed by atoms with Crippen LogP contribution in [-0.4, -0.2) is 61.6 Å². The van der Waals surface area contributed by atoms with Crippen molar-refractivity contribution in [2.24, 2.45) is 0 Å². The second-order valence-corrected chi connectivity index (χ2v) is 8.18. The monoisotopic (exact) mass is 474 g/mol. The van der Waals surface area contributed by atoms with E-state index in [0.29, 0.717) is 56.2 Å². The molecule has 4 rings (SSSR count). The van der Waals surface area contributed by atoms with Crippen molar-refractivity contribution in [2.45, 2.75) is 13.3 Å². The Morgan fingerprint density at radius 3 is 2.51 bits per heavy atom. The number of benzene rings is 2. The van der Waals surface area contributed by atoms with Crippen molar-refractivity contribution >= 4 is 23.3 Å². The maximum atomic E-state index is 12.7. The molecule has 1 aliphatic heterocycles. The van der Waals surface area contributed by atoms with Gasteiger partial charge in [0.15, 0.2) is 0 Å². The van der Waals surface area contributed by atoms with Crippen LogP contribution in [0.3, 0.4) is 0 Å². The average Bonchev–Trinajstić information content (AvgIpc) is 2.90. The molecule has 1 fully saturated rings. The van der Waals surface area contributed by atoms with Gasteiger partial charge in [0, 0.05) is 26.2 Å². The summed E-state index contributed by atoms with van der Waals surface area (Å²) in [5.74, 6) is 1.99. The topological polar surface area (TPSA) is 84.0 Å². The first-order valence-corrected chi connectivity index (χ1v) is 11.7. The third-order valence-corrected chi connectivity index (χ3v) is 5.88. The van der Waals surface area contributed by atoms with Gasteiger partial charge in [-0.1, -0.05) is 24.3 Å². The van der Waals surface area contributed by atoms with E-state index in [2.05, 4.69) is 15.2 Å². The number of aromatic nitrogens is 1. The number of pyridine rings is 1. The number of nitrogens with one attached hydrogen (secondary N) is 1. The number of methoxy groups -OCH3 is 1. The molecule has 0 atom stereocenters. The lowest BCUT2D eigenvalue weighted by Crippen LogP contribution is -2.49. The highest BCUT2D eigenvalue weighted by molar-refractivity contribution is 6.06. The van der Waals surface area contributed by atoms with Crippen molar-refractivity contribution in [1.82, 2.24) is 9.88 Å². The van der Waals surface area contributed by atoms with E-state index in [9.17, 15) is 9.59 Å². The van der Waals surface area contributed by atoms with Crippen LogP contribution in [0.2, 0.25) is 0 Å². The van der Waals surface area contributed by atoms with E-state index >= 15 is 0 Å². The Labute approximate surface area is 205 Å². The summed E-state index contributed by atoms with van der Waals surface area (Å²) in [7, 11) is 1.62. The number of carbonyl (C=O) groups excluding carboxylic acids is 2. The molecule has 8 nitrogen and oxygen atoms in total. The molecule has 0 unspecified atom stereocenters. The van der Waals surface area contributed by atoms with E-state index in [1.165, 1.54) is 0 Å². The number of hydrogen-bond donors (Lipinski definition) is 1. The van der Waals surface area contributed by atoms with Crippen LogP contribution in [0.4, 0.5) is 11.5 Å². The Hall–Kier alpha value is -4.07. The van der Waals surface area contributed by atoms with Crippen LogP contribution in [0.1, 0.15) is 22.8 Å². The fourth-order valence-corrected chi connectivity index (χ4v) is 4.03. The molecule has 0 spiro atoms. The zero-order chi connectivity index (χ0) is 24.6. The average molecular weight is 475 g/mol. The van der Waals surface area contributed by atoms with Crippen LogP contribution < -0.4 is 19.7 Å². The third-order valence-electron chi connectivity index (χ3n) is 5.88. The van der Waals surface area contributed by atoms with Gasteiger partial charge in [-0.05, 0) is 48.9 Å². The molecule has 1 aromatic heterocycles. The Bertz CT molecular complexity index is 1160. The highest BCUT2D eigenvalue weighted by Crippen LogP contribution is 2.21. The van der Waals surface area contributed by atoms with Gasteiger partial charge in [0.05, 0.1) is 37.6 Å². The Morgan fingerprint density at radius 1 is 1.00 bits per heavy atom. The first-order chi connectivity index (χ1) is 17.1. The van der Waals surface area contributed by atoms with Crippen LogP contribution in [0, 0.1) is 0 Å². The van der Waals surface area contributed by atoms with Gasteiger partial charge in [0.1, 0.15) is 17.3 Å². The zero-order valence-corrected chi connectivity index (χ0v) is 20.1. The number of anilines is 2. The normalized spacial score (nSPS) is 13.3. The molecule has 0 radical (unpaired) electrons. The molecule has 1 saturated heterocycles. The molecular formula is C27H30N4O4. The van der Waals surface area contributed by atoms with Gasteiger partial charge in [-0.15, -0.1) is 0 Å². The molecule has 1 aliphatic rings. The SMILES string of the molecule is CCOc1ccccc1C(=O)Nc1ccc(N2CCN(C(=O)Cc3cccc(OC)c3)CC2)nc1. The minimum absolute atomic E-state index is 0.108. The largest absolute Gasteiger partial charge is 0.497 e. The van der Waals surface area contributed by atoms with Crippen molar-refractivity contribution in [3.8, 4) is 11.5 Å². The fourth-order valence-electron chi connectivity index (χ4n) is 4.03. The van der Waals surface area contributed by atoms with Crippen LogP contribution in [-0.2, 0) is 11.2 Å². The standard InChI is InChI=1S/C27H30N4O4/c1-3-35-24-10-5-4-9-23(24)27(33)29-21-11-12-25(28-19-21)30-13-15-31(16-14-30)26(32)18-20-7-6-8-22(17-20)34-2/h4-12,17,19H,3,13-16,18H2,1-2H3,(H,29,33). The van der Waals surface area contributed by atoms with Crippen LogP contribution in [0.25, 0.3) is 0 Å². The number of nitrogens with zero attached hydrogens (tertiary/aromatic N) is 3. The van der Waals surface area contributed by atoms with Gasteiger partial charge < -0.3 is 24.6 Å². The summed E-state index contributed by atoms with van der Waals surface area (Å²) in [6.07, 6.45) is 2.01. The van der Waals surface area contributed by atoms with Gasteiger partial charge in [-0.3, -0.25) is 9.59 Å². The number of rotatable bonds is 8. The summed E-state index contributed by atoms with van der Waals surface area (Å²) < 4.78 is 10.8. The van der Waals surface area contributed by atoms with E-state index in [1.807, 2.05) is 54.3 Å². The smallest absolute Gasteiger partial charge is 0.259 e. The van der Waals surface area contributed by atoms with E-state index in [0.717, 1.165) is 17.1 Å². The van der Waals surface area contributed by atoms with E-state index in [4.69, 9.17) is 9.47 Å². The lowest BCUT2D eigenvalue weighted by atomic mass is 10.1. The molecule has 8 heteroatoms. The van der Waals surface area contributed by atoms with Crippen molar-refractivity contribution in [3.63, 3.8) is 0 Å². The first-order valence-electron chi connectivity index (χ1n) is 11.7. The lowest BCUT2D eigenvalue weighted by Gasteiger charge is -2.35. The molecular weight excluding hydrogens is 444 g/mol. The molecule has 1 N–H and O–H groups in total. The number of piperazine rings is 1.